The van der Waals surface area contributed by atoms with Crippen molar-refractivity contribution in [1.29, 1.82) is 0 Å². The van der Waals surface area contributed by atoms with Crippen molar-refractivity contribution in [3.63, 3.8) is 0 Å². The van der Waals surface area contributed by atoms with E-state index in [9.17, 15) is 5.11 Å². The lowest BCUT2D eigenvalue weighted by molar-refractivity contribution is -0.0441. The van der Waals surface area contributed by atoms with E-state index in [0.29, 0.717) is 0 Å². The molecule has 2 unspecified atom stereocenters. The van der Waals surface area contributed by atoms with Crippen molar-refractivity contribution in [2.75, 3.05) is 6.61 Å². The maximum Gasteiger partial charge on any atom is 0.150 e. The van der Waals surface area contributed by atoms with Crippen LogP contribution in [0, 0.1) is 0 Å². The van der Waals surface area contributed by atoms with E-state index < -0.39 is 6.10 Å². The van der Waals surface area contributed by atoms with E-state index in [2.05, 4.69) is 5.10 Å². The Hall–Kier alpha value is -0.870. The van der Waals surface area contributed by atoms with Crippen LogP contribution in [0.25, 0.3) is 0 Å². The predicted octanol–water partition coefficient (Wildman–Crippen LogP) is 1.64. The molecule has 2 atom stereocenters. The lowest BCUT2D eigenvalue weighted by atomic mass is 10.2. The minimum Gasteiger partial charge on any atom is -0.387 e. The highest BCUT2D eigenvalue weighted by Crippen LogP contribution is 2.25. The Balaban J connectivity index is 2.17. The Morgan fingerprint density at radius 3 is 3.14 bits per heavy atom. The second kappa shape index (κ2) is 4.11. The van der Waals surface area contributed by atoms with Gasteiger partial charge in [-0.15, -0.1) is 0 Å². The van der Waals surface area contributed by atoms with Gasteiger partial charge < -0.3 is 9.84 Å². The molecular weight excluding hydrogens is 180 g/mol. The van der Waals surface area contributed by atoms with E-state index in [0.717, 1.165) is 25.1 Å². The maximum absolute atomic E-state index is 9.51. The fourth-order valence-corrected chi connectivity index (χ4v) is 1.81. The highest BCUT2D eigenvalue weighted by Gasteiger charge is 2.20. The standard InChI is InChI=1S/C10H16N2O2/c1-8(13)9-5-6-11-12(9)10-4-2-3-7-14-10/h5-6,8,10,13H,2-4,7H2,1H3. The quantitative estimate of drug-likeness (QED) is 0.782. The summed E-state index contributed by atoms with van der Waals surface area (Å²) >= 11 is 0. The number of rotatable bonds is 2. The molecular formula is C10H16N2O2. The maximum atomic E-state index is 9.51. The van der Waals surface area contributed by atoms with Crippen LogP contribution in [0.4, 0.5) is 0 Å². The summed E-state index contributed by atoms with van der Waals surface area (Å²) in [5.74, 6) is 0. The molecule has 0 bridgehead atoms. The Labute approximate surface area is 83.5 Å². The van der Waals surface area contributed by atoms with Crippen LogP contribution in [0.5, 0.6) is 0 Å². The van der Waals surface area contributed by atoms with Crippen molar-refractivity contribution in [2.45, 2.75) is 38.5 Å². The van der Waals surface area contributed by atoms with Gasteiger partial charge in [-0.3, -0.25) is 0 Å². The first-order chi connectivity index (χ1) is 6.79. The van der Waals surface area contributed by atoms with Gasteiger partial charge in [-0.2, -0.15) is 5.10 Å². The second-order valence-corrected chi connectivity index (χ2v) is 3.70. The van der Waals surface area contributed by atoms with Crippen LogP contribution in [0.3, 0.4) is 0 Å². The fourth-order valence-electron chi connectivity index (χ4n) is 1.81. The van der Waals surface area contributed by atoms with Gasteiger partial charge in [-0.25, -0.2) is 4.68 Å². The summed E-state index contributed by atoms with van der Waals surface area (Å²) in [5.41, 5.74) is 0.830. The Morgan fingerprint density at radius 1 is 1.64 bits per heavy atom. The zero-order valence-electron chi connectivity index (χ0n) is 8.39. The van der Waals surface area contributed by atoms with E-state index in [1.807, 2.05) is 6.07 Å². The number of hydrogen-bond acceptors (Lipinski definition) is 3. The molecule has 1 aliphatic heterocycles. The SMILES string of the molecule is CC(O)c1ccnn1C1CCCCO1. The number of aliphatic hydroxyl groups excluding tert-OH is 1. The third-order valence-electron chi connectivity index (χ3n) is 2.56. The summed E-state index contributed by atoms with van der Waals surface area (Å²) in [5, 5.41) is 13.7. The summed E-state index contributed by atoms with van der Waals surface area (Å²) < 4.78 is 7.40. The highest BCUT2D eigenvalue weighted by atomic mass is 16.5. The molecule has 1 aromatic rings. The van der Waals surface area contributed by atoms with Gasteiger partial charge in [0, 0.05) is 12.8 Å². The molecule has 0 aliphatic carbocycles. The average molecular weight is 196 g/mol. The van der Waals surface area contributed by atoms with Gasteiger partial charge in [-0.05, 0) is 32.3 Å². The van der Waals surface area contributed by atoms with Crippen LogP contribution in [0.1, 0.15) is 44.2 Å². The second-order valence-electron chi connectivity index (χ2n) is 3.70. The molecule has 4 heteroatoms. The molecule has 4 nitrogen and oxygen atoms in total. The van der Waals surface area contributed by atoms with Gasteiger partial charge in [-0.1, -0.05) is 0 Å². The third-order valence-corrected chi connectivity index (χ3v) is 2.56. The summed E-state index contributed by atoms with van der Waals surface area (Å²) in [6.45, 7) is 2.54. The predicted molar refractivity (Wildman–Crippen MR) is 51.7 cm³/mol. The van der Waals surface area contributed by atoms with Crippen molar-refractivity contribution in [1.82, 2.24) is 9.78 Å². The lowest BCUT2D eigenvalue weighted by Gasteiger charge is -2.25. The molecule has 0 spiro atoms. The molecule has 1 aromatic heterocycles. The first kappa shape index (κ1) is 9.68. The molecule has 78 valence electrons. The third kappa shape index (κ3) is 1.81. The van der Waals surface area contributed by atoms with Gasteiger partial charge in [0.25, 0.3) is 0 Å². The molecule has 0 radical (unpaired) electrons. The van der Waals surface area contributed by atoms with Crippen molar-refractivity contribution in [2.24, 2.45) is 0 Å². The van der Waals surface area contributed by atoms with Crippen LogP contribution in [0.15, 0.2) is 12.3 Å². The van der Waals surface area contributed by atoms with Gasteiger partial charge in [0.05, 0.1) is 11.8 Å². The van der Waals surface area contributed by atoms with Crippen LogP contribution in [-0.4, -0.2) is 21.5 Å². The molecule has 0 amide bonds. The Morgan fingerprint density at radius 2 is 2.50 bits per heavy atom. The summed E-state index contributed by atoms with van der Waals surface area (Å²) in [4.78, 5) is 0. The number of aliphatic hydroxyl groups is 1. The molecule has 0 saturated carbocycles. The molecule has 2 rings (SSSR count). The van der Waals surface area contributed by atoms with Crippen molar-refractivity contribution in [3.05, 3.63) is 18.0 Å². The van der Waals surface area contributed by atoms with Gasteiger partial charge in [0.1, 0.15) is 0 Å². The number of nitrogens with zero attached hydrogens (tertiary/aromatic N) is 2. The molecule has 14 heavy (non-hydrogen) atoms. The van der Waals surface area contributed by atoms with Gasteiger partial charge >= 0.3 is 0 Å². The minimum absolute atomic E-state index is 0.0170. The number of hydrogen-bond donors (Lipinski definition) is 1. The van der Waals surface area contributed by atoms with Crippen LogP contribution in [-0.2, 0) is 4.74 Å². The molecule has 1 N–H and O–H groups in total. The van der Waals surface area contributed by atoms with E-state index in [4.69, 9.17) is 4.74 Å². The first-order valence-electron chi connectivity index (χ1n) is 5.12. The molecule has 2 heterocycles. The van der Waals surface area contributed by atoms with Crippen LogP contribution < -0.4 is 0 Å². The highest BCUT2D eigenvalue weighted by molar-refractivity contribution is 5.04. The smallest absolute Gasteiger partial charge is 0.150 e. The summed E-state index contributed by atoms with van der Waals surface area (Å²) in [6.07, 6.45) is 4.53. The van der Waals surface area contributed by atoms with Crippen molar-refractivity contribution >= 4 is 0 Å². The van der Waals surface area contributed by atoms with Gasteiger partial charge in [0.2, 0.25) is 0 Å². The van der Waals surface area contributed by atoms with Crippen LogP contribution >= 0.6 is 0 Å². The number of aromatic nitrogens is 2. The Bertz CT molecular complexity index is 290. The minimum atomic E-state index is -0.483. The largest absolute Gasteiger partial charge is 0.387 e. The average Bonchev–Trinajstić information content (AvgIpc) is 2.67. The zero-order valence-corrected chi connectivity index (χ0v) is 8.39. The molecule has 1 aliphatic rings. The molecule has 1 fully saturated rings. The Kier molecular flexibility index (Phi) is 2.84. The van der Waals surface area contributed by atoms with E-state index in [1.54, 1.807) is 17.8 Å². The van der Waals surface area contributed by atoms with Gasteiger partial charge in [0.15, 0.2) is 6.23 Å². The van der Waals surface area contributed by atoms with E-state index in [1.165, 1.54) is 6.42 Å². The van der Waals surface area contributed by atoms with Crippen LogP contribution in [0.2, 0.25) is 0 Å². The summed E-state index contributed by atoms with van der Waals surface area (Å²) in [7, 11) is 0. The molecule has 0 aromatic carbocycles. The summed E-state index contributed by atoms with van der Waals surface area (Å²) in [6, 6.07) is 1.84. The van der Waals surface area contributed by atoms with E-state index in [-0.39, 0.29) is 6.23 Å². The first-order valence-corrected chi connectivity index (χ1v) is 5.12. The monoisotopic (exact) mass is 196 g/mol. The zero-order chi connectivity index (χ0) is 9.97. The topological polar surface area (TPSA) is 47.3 Å². The van der Waals surface area contributed by atoms with E-state index >= 15 is 0 Å². The molecule has 1 saturated heterocycles. The van der Waals surface area contributed by atoms with Crippen molar-refractivity contribution < 1.29 is 9.84 Å². The lowest BCUT2D eigenvalue weighted by Crippen LogP contribution is -2.21. The fraction of sp³-hybridized carbons (Fsp3) is 0.700. The number of ether oxygens (including phenoxy) is 1. The van der Waals surface area contributed by atoms with Crippen molar-refractivity contribution in [3.8, 4) is 0 Å². The normalized spacial score (nSPS) is 24.9.